The summed E-state index contributed by atoms with van der Waals surface area (Å²) in [6.07, 6.45) is -1.26. The Balaban J connectivity index is 1.71. The number of carbonyl (C=O) groups is 11. The van der Waals surface area contributed by atoms with Gasteiger partial charge in [-0.05, 0) is 55.4 Å². The summed E-state index contributed by atoms with van der Waals surface area (Å²) in [7, 11) is 3.50. The summed E-state index contributed by atoms with van der Waals surface area (Å²) in [6.45, 7) is -0.429. The smallest absolute Gasteiger partial charge is 0.246 e. The summed E-state index contributed by atoms with van der Waals surface area (Å²) in [5.74, 6) is -9.76. The second-order valence-corrected chi connectivity index (χ2v) is 20.3. The number of hydrogen-bond acceptors (Lipinski definition) is 16. The van der Waals surface area contributed by atoms with Crippen molar-refractivity contribution < 1.29 is 57.5 Å². The summed E-state index contributed by atoms with van der Waals surface area (Å²) in [5, 5.41) is 17.9. The van der Waals surface area contributed by atoms with E-state index >= 15 is 0 Å². The first kappa shape index (κ1) is 60.9. The maximum atomic E-state index is 14.6. The number of hydrogen-bond donors (Lipinski definition) is 13. The van der Waals surface area contributed by atoms with Crippen LogP contribution in [0.25, 0.3) is 0 Å². The Hall–Kier alpha value is -7.66. The molecule has 2 aliphatic heterocycles. The Morgan fingerprint density at radius 1 is 0.724 bits per heavy atom. The molecule has 76 heavy (non-hydrogen) atoms. The lowest BCUT2D eigenvalue weighted by Gasteiger charge is -2.31. The third kappa shape index (κ3) is 20.2. The van der Waals surface area contributed by atoms with Crippen LogP contribution in [-0.4, -0.2) is 162 Å². The molecule has 11 amide bonds. The Morgan fingerprint density at radius 2 is 1.30 bits per heavy atom. The Bertz CT molecular complexity index is 2430. The molecule has 2 aromatic rings. The molecule has 0 aliphatic carbocycles. The zero-order valence-electron chi connectivity index (χ0n) is 41.8. The van der Waals surface area contributed by atoms with E-state index in [1.165, 1.54) is 12.0 Å². The first-order chi connectivity index (χ1) is 36.1. The topological polar surface area (TPSA) is 453 Å². The zero-order valence-corrected chi connectivity index (χ0v) is 43.4. The zero-order chi connectivity index (χ0) is 55.9. The molecule has 27 nitrogen and oxygen atoms in total. The lowest BCUT2D eigenvalue weighted by Crippen LogP contribution is -2.61. The van der Waals surface area contributed by atoms with E-state index in [2.05, 4.69) is 42.2 Å². The van der Waals surface area contributed by atoms with E-state index in [1.807, 2.05) is 0 Å². The largest absolute Gasteiger partial charge is 0.497 e. The minimum Gasteiger partial charge on any atom is -0.497 e. The van der Waals surface area contributed by atoms with Gasteiger partial charge in [-0.25, -0.2) is 0 Å². The molecule has 8 atom stereocenters. The Labute approximate surface area is 445 Å². The molecule has 2 heterocycles. The molecular weight excluding hydrogens is 1030 g/mol. The highest BCUT2D eigenvalue weighted by Gasteiger charge is 2.40. The van der Waals surface area contributed by atoms with Gasteiger partial charge < -0.3 is 81.3 Å². The molecule has 0 saturated carbocycles. The van der Waals surface area contributed by atoms with Crippen LogP contribution in [0.5, 0.6) is 5.75 Å². The highest BCUT2D eigenvalue weighted by molar-refractivity contribution is 8.76. The van der Waals surface area contributed by atoms with E-state index in [0.29, 0.717) is 23.3 Å². The standard InChI is InChI=1S/C47H67N15O12S2/c1-74-27-13-11-26(12-14-27)20-31-43(70)59-32(19-25-7-3-2-4-8-25)42(69)56-30(15-16-36(49)63)41(68)60-33(21-37(50)64)44(71)61-34(24-76-75-23-28(48)39(66)58-31)46(73)62-18-6-10-35(62)45(72)57-29(9-5-17-54-47(52)53)40(67)55-22-38(51)65/h2-4,7-8,11-14,28-35H,5-6,9-10,15-24,48H2,1H3,(H2,49,63)(H2,50,64)(H2,51,65)(H,55,67)(H,56,69)(H,57,72)(H,58,66)(H,59,70)(H,60,68)(H,61,71)(H4,52,53,54)/t28-,29-,30-,31-,32-,33-,34-,35-/m0/s1. The van der Waals surface area contributed by atoms with Crippen molar-refractivity contribution in [2.75, 3.05) is 38.2 Å². The predicted octanol–water partition coefficient (Wildman–Crippen LogP) is -5.10. The van der Waals surface area contributed by atoms with E-state index in [9.17, 15) is 52.7 Å². The van der Waals surface area contributed by atoms with E-state index < -0.39 is 139 Å². The van der Waals surface area contributed by atoms with E-state index in [4.69, 9.17) is 39.1 Å². The van der Waals surface area contributed by atoms with Crippen molar-refractivity contribution in [1.29, 1.82) is 0 Å². The van der Waals surface area contributed by atoms with Gasteiger partial charge in [-0.2, -0.15) is 0 Å². The van der Waals surface area contributed by atoms with Gasteiger partial charge in [-0.3, -0.25) is 57.7 Å². The lowest BCUT2D eigenvalue weighted by molar-refractivity contribution is -0.142. The lowest BCUT2D eigenvalue weighted by atomic mass is 10.0. The number of carbonyl (C=O) groups excluding carboxylic acids is 11. The SMILES string of the molecule is COc1ccc(C[C@@H]2NC(=O)[C@@H](N)CSSC[C@@H](C(=O)N3CCC[C@H]3C(=O)N[C@@H](CCCN=C(N)N)C(=O)NCC(N)=O)NC(=O)[C@H](CC(N)=O)NC(=O)[C@H](CCC(N)=O)NC(=O)[C@H](Cc3ccccc3)NC2=O)cc1. The molecule has 2 saturated heterocycles. The molecule has 0 aromatic heterocycles. The second kappa shape index (κ2) is 30.6. The number of likely N-dealkylation sites (tertiary alicyclic amines) is 1. The van der Waals surface area contributed by atoms with Crippen molar-refractivity contribution in [3.05, 3.63) is 65.7 Å². The molecule has 2 fully saturated rings. The van der Waals surface area contributed by atoms with E-state index in [0.717, 1.165) is 21.6 Å². The number of benzene rings is 2. The highest BCUT2D eigenvalue weighted by Crippen LogP contribution is 2.26. The summed E-state index contributed by atoms with van der Waals surface area (Å²) in [4.78, 5) is 154. The van der Waals surface area contributed by atoms with Gasteiger partial charge in [-0.1, -0.05) is 64.1 Å². The molecule has 0 spiro atoms. The van der Waals surface area contributed by atoms with Gasteiger partial charge in [-0.15, -0.1) is 0 Å². The number of rotatable bonds is 20. The molecule has 0 bridgehead atoms. The predicted molar refractivity (Wildman–Crippen MR) is 280 cm³/mol. The molecule has 0 unspecified atom stereocenters. The quantitative estimate of drug-likeness (QED) is 0.0255. The number of guanidine groups is 1. The minimum atomic E-state index is -1.79. The molecule has 4 rings (SSSR count). The molecule has 0 radical (unpaired) electrons. The van der Waals surface area contributed by atoms with Crippen LogP contribution >= 0.6 is 21.6 Å². The number of nitrogens with two attached hydrogens (primary N) is 6. The number of nitrogens with zero attached hydrogens (tertiary/aromatic N) is 2. The fourth-order valence-corrected chi connectivity index (χ4v) is 10.2. The van der Waals surface area contributed by atoms with Crippen molar-refractivity contribution in [2.45, 2.75) is 106 Å². The van der Waals surface area contributed by atoms with Crippen LogP contribution in [0.15, 0.2) is 59.6 Å². The van der Waals surface area contributed by atoms with Crippen LogP contribution in [0.3, 0.4) is 0 Å². The van der Waals surface area contributed by atoms with Crippen molar-refractivity contribution >= 4 is 92.5 Å². The number of amides is 11. The number of aliphatic imine (C=N–C) groups is 1. The average molecular weight is 1100 g/mol. The van der Waals surface area contributed by atoms with Crippen LogP contribution in [0.2, 0.25) is 0 Å². The van der Waals surface area contributed by atoms with Crippen molar-refractivity contribution in [3.63, 3.8) is 0 Å². The molecule has 414 valence electrons. The minimum absolute atomic E-state index is 0.00528. The van der Waals surface area contributed by atoms with E-state index in [1.54, 1.807) is 54.6 Å². The fourth-order valence-electron chi connectivity index (χ4n) is 7.93. The summed E-state index contributed by atoms with van der Waals surface area (Å²) >= 11 is 0. The van der Waals surface area contributed by atoms with Gasteiger partial charge in [0, 0.05) is 43.9 Å². The van der Waals surface area contributed by atoms with Gasteiger partial charge in [0.15, 0.2) is 5.96 Å². The maximum absolute atomic E-state index is 14.6. The van der Waals surface area contributed by atoms with Gasteiger partial charge >= 0.3 is 0 Å². The molecule has 2 aliphatic rings. The van der Waals surface area contributed by atoms with Gasteiger partial charge in [0.05, 0.1) is 26.1 Å². The second-order valence-electron chi connectivity index (χ2n) is 17.8. The molecule has 2 aromatic carbocycles. The van der Waals surface area contributed by atoms with Crippen LogP contribution in [-0.2, 0) is 65.6 Å². The first-order valence-corrected chi connectivity index (χ1v) is 26.6. The van der Waals surface area contributed by atoms with Gasteiger partial charge in [0.25, 0.3) is 0 Å². The normalized spacial score (nSPS) is 22.4. The Morgan fingerprint density at radius 3 is 1.91 bits per heavy atom. The Kier molecular flexibility index (Phi) is 24.6. The number of methoxy groups -OCH3 is 1. The van der Waals surface area contributed by atoms with Gasteiger partial charge in [0.1, 0.15) is 48.0 Å². The van der Waals surface area contributed by atoms with Crippen molar-refractivity contribution in [2.24, 2.45) is 39.4 Å². The van der Waals surface area contributed by atoms with Crippen molar-refractivity contribution in [3.8, 4) is 5.75 Å². The first-order valence-electron chi connectivity index (χ1n) is 24.1. The highest BCUT2D eigenvalue weighted by atomic mass is 33.1. The molecule has 19 N–H and O–H groups in total. The third-order valence-corrected chi connectivity index (χ3v) is 14.3. The number of nitrogens with one attached hydrogen (secondary N) is 7. The molecule has 29 heteroatoms. The van der Waals surface area contributed by atoms with Gasteiger partial charge in [0.2, 0.25) is 65.0 Å². The summed E-state index contributed by atoms with van der Waals surface area (Å²) in [5.41, 5.74) is 34.6. The number of primary amides is 3. The average Bonchev–Trinajstić information content (AvgIpc) is 3.88. The van der Waals surface area contributed by atoms with Crippen LogP contribution < -0.4 is 76.4 Å². The fraction of sp³-hybridized carbons (Fsp3) is 0.489. The summed E-state index contributed by atoms with van der Waals surface area (Å²) in [6, 6.07) is 3.85. The monoisotopic (exact) mass is 1100 g/mol. The van der Waals surface area contributed by atoms with Crippen LogP contribution in [0, 0.1) is 0 Å². The molecular formula is C47H67N15O12S2. The van der Waals surface area contributed by atoms with Crippen molar-refractivity contribution in [1.82, 2.24) is 42.1 Å². The number of ether oxygens (including phenoxy) is 1. The summed E-state index contributed by atoms with van der Waals surface area (Å²) < 4.78 is 5.27. The third-order valence-electron chi connectivity index (χ3n) is 11.9. The van der Waals surface area contributed by atoms with Crippen LogP contribution in [0.4, 0.5) is 0 Å². The maximum Gasteiger partial charge on any atom is 0.246 e. The van der Waals surface area contributed by atoms with E-state index in [-0.39, 0.29) is 62.7 Å². The van der Waals surface area contributed by atoms with Crippen LogP contribution in [0.1, 0.15) is 56.1 Å².